The van der Waals surface area contributed by atoms with Gasteiger partial charge in [0.25, 0.3) is 0 Å². The van der Waals surface area contributed by atoms with Gasteiger partial charge in [0.2, 0.25) is 17.2 Å². The number of anilines is 2. The minimum Gasteiger partial charge on any atom is -0.326 e. The van der Waals surface area contributed by atoms with Gasteiger partial charge in [0.05, 0.1) is 22.5 Å². The molecule has 0 aromatic heterocycles. The number of nitrogens with one attached hydrogen (secondary N) is 2. The van der Waals surface area contributed by atoms with Crippen LogP contribution in [0.2, 0.25) is 0 Å². The first-order valence-corrected chi connectivity index (χ1v) is 12.2. The van der Waals surface area contributed by atoms with Crippen molar-refractivity contribution >= 4 is 23.2 Å². The first-order chi connectivity index (χ1) is 21.5. The Labute approximate surface area is 258 Å². The first-order valence-electron chi connectivity index (χ1n) is 12.2. The Balaban J connectivity index is 3.31. The molecule has 2 aromatic carbocycles. The SMILES string of the molecule is CC(=O)Nc1ccc(C(c2ccc(NC(C)=O)c(C(F)(F)C(F)(F)C(F)(F)F)c2)(C(F)(F)F)C(F)(F)F)cc1C(F)(F)C(F)(F)C(F)(F)F. The molecule has 2 amide bonds. The van der Waals surface area contributed by atoms with E-state index in [1.54, 1.807) is 0 Å². The summed E-state index contributed by atoms with van der Waals surface area (Å²) < 4.78 is 281. The summed E-state index contributed by atoms with van der Waals surface area (Å²) in [6, 6.07) is -4.62. The molecule has 0 spiro atoms. The van der Waals surface area contributed by atoms with E-state index < -0.39 is 136 Å². The maximum absolute atomic E-state index is 14.8. The number of carbonyl (C=O) groups is 2. The van der Waals surface area contributed by atoms with E-state index in [4.69, 9.17) is 0 Å². The predicted molar refractivity (Wildman–Crippen MR) is 124 cm³/mol. The lowest BCUT2D eigenvalue weighted by molar-refractivity contribution is -0.359. The van der Waals surface area contributed by atoms with Gasteiger partial charge in [0.1, 0.15) is 0 Å². The number of amides is 2. The van der Waals surface area contributed by atoms with Crippen molar-refractivity contribution in [1.29, 1.82) is 0 Å². The van der Waals surface area contributed by atoms with E-state index in [2.05, 4.69) is 0 Å². The van der Waals surface area contributed by atoms with Crippen LogP contribution in [0.15, 0.2) is 36.4 Å². The molecule has 49 heavy (non-hydrogen) atoms. The van der Waals surface area contributed by atoms with Crippen LogP contribution in [0.25, 0.3) is 0 Å². The summed E-state index contributed by atoms with van der Waals surface area (Å²) >= 11 is 0. The van der Waals surface area contributed by atoms with Crippen LogP contribution in [0, 0.1) is 0 Å². The van der Waals surface area contributed by atoms with Gasteiger partial charge in [-0.15, -0.1) is 0 Å². The molecule has 4 nitrogen and oxygen atoms in total. The van der Waals surface area contributed by atoms with Crippen LogP contribution < -0.4 is 10.6 Å². The largest absolute Gasteiger partial charge is 0.460 e. The monoisotopic (exact) mass is 754 g/mol. The number of halogens is 20. The molecule has 0 aliphatic heterocycles. The second-order valence-electron chi connectivity index (χ2n) is 9.92. The minimum atomic E-state index is -7.32. The lowest BCUT2D eigenvalue weighted by Crippen LogP contribution is -2.55. The molecule has 24 heteroatoms. The van der Waals surface area contributed by atoms with Gasteiger partial charge in [0.15, 0.2) is 0 Å². The zero-order valence-corrected chi connectivity index (χ0v) is 23.3. The maximum atomic E-state index is 14.8. The molecule has 0 radical (unpaired) electrons. The molecular formula is C25H14F20N2O2. The average molecular weight is 754 g/mol. The van der Waals surface area contributed by atoms with E-state index in [0.29, 0.717) is 13.8 Å². The summed E-state index contributed by atoms with van der Waals surface area (Å²) in [6.07, 6.45) is -28.9. The van der Waals surface area contributed by atoms with Gasteiger partial charge in [-0.25, -0.2) is 0 Å². The maximum Gasteiger partial charge on any atom is 0.460 e. The number of hydrogen-bond donors (Lipinski definition) is 2. The number of rotatable bonds is 8. The number of benzene rings is 2. The van der Waals surface area contributed by atoms with Gasteiger partial charge in [-0.2, -0.15) is 87.8 Å². The quantitative estimate of drug-likeness (QED) is 0.264. The second kappa shape index (κ2) is 12.1. The number of alkyl halides is 20. The van der Waals surface area contributed by atoms with Crippen LogP contribution in [-0.4, -0.2) is 48.4 Å². The lowest BCUT2D eigenvalue weighted by Gasteiger charge is -2.40. The van der Waals surface area contributed by atoms with Crippen molar-refractivity contribution in [2.24, 2.45) is 0 Å². The Bertz CT molecular complexity index is 1470. The zero-order valence-electron chi connectivity index (χ0n) is 23.3. The summed E-state index contributed by atoms with van der Waals surface area (Å²) in [5, 5.41) is 2.35. The molecule has 276 valence electrons. The van der Waals surface area contributed by atoms with Gasteiger partial charge in [0, 0.05) is 13.8 Å². The fourth-order valence-corrected chi connectivity index (χ4v) is 4.35. The van der Waals surface area contributed by atoms with Crippen LogP contribution in [0.4, 0.5) is 99.2 Å². The van der Waals surface area contributed by atoms with E-state index in [9.17, 15) is 97.4 Å². The highest BCUT2D eigenvalue weighted by atomic mass is 19.4. The van der Waals surface area contributed by atoms with Crippen LogP contribution >= 0.6 is 0 Å². The molecule has 0 atom stereocenters. The Hall–Kier alpha value is -4.02. The highest BCUT2D eigenvalue weighted by Gasteiger charge is 2.77. The van der Waals surface area contributed by atoms with Crippen molar-refractivity contribution in [3.63, 3.8) is 0 Å². The summed E-state index contributed by atoms with van der Waals surface area (Å²) in [4.78, 5) is 22.8. The van der Waals surface area contributed by atoms with Crippen molar-refractivity contribution in [1.82, 2.24) is 0 Å². The lowest BCUT2D eigenvalue weighted by atomic mass is 9.71. The average Bonchev–Trinajstić information content (AvgIpc) is 2.86. The molecule has 0 saturated heterocycles. The van der Waals surface area contributed by atoms with Gasteiger partial charge in [-0.1, -0.05) is 12.1 Å². The number of carbonyl (C=O) groups excluding carboxylic acids is 2. The minimum absolute atomic E-state index is 0.364. The van der Waals surface area contributed by atoms with Gasteiger partial charge >= 0.3 is 48.4 Å². The van der Waals surface area contributed by atoms with E-state index in [1.165, 1.54) is 10.6 Å². The Morgan fingerprint density at radius 1 is 0.449 bits per heavy atom. The summed E-state index contributed by atoms with van der Waals surface area (Å²) in [7, 11) is 0. The van der Waals surface area contributed by atoms with Crippen molar-refractivity contribution in [3.8, 4) is 0 Å². The fraction of sp³-hybridized carbons (Fsp3) is 0.440. The topological polar surface area (TPSA) is 58.2 Å². The molecule has 0 fully saturated rings. The van der Waals surface area contributed by atoms with Gasteiger partial charge in [-0.3, -0.25) is 9.59 Å². The van der Waals surface area contributed by atoms with E-state index in [0.717, 1.165) is 0 Å². The van der Waals surface area contributed by atoms with Gasteiger partial charge in [-0.05, 0) is 35.4 Å². The molecule has 0 unspecified atom stereocenters. The third-order valence-corrected chi connectivity index (χ3v) is 6.55. The third-order valence-electron chi connectivity index (χ3n) is 6.55. The van der Waals surface area contributed by atoms with Crippen LogP contribution in [0.1, 0.15) is 36.1 Å². The Kier molecular flexibility index (Phi) is 10.2. The molecule has 0 heterocycles. The molecule has 0 saturated carbocycles. The normalized spacial score (nSPS) is 14.5. The van der Waals surface area contributed by atoms with Gasteiger partial charge < -0.3 is 10.6 Å². The third kappa shape index (κ3) is 6.65. The summed E-state index contributed by atoms with van der Waals surface area (Å²) in [5.74, 6) is -31.6. The highest BCUT2D eigenvalue weighted by molar-refractivity contribution is 5.90. The standard InChI is InChI=1S/C25H14F20N2O2/c1-9(48)46-15-5-3-11(7-13(15)18(26,27)20(30,31)24(40,41)42)17(22(34,35)36,23(37,38)39)12-4-6-16(47-10(2)49)14(8-12)19(28,29)21(32,33)25(43,44)45/h3-8H,1-2H3,(H,46,48)(H,47,49). The molecular weight excluding hydrogens is 740 g/mol. The van der Waals surface area contributed by atoms with Crippen LogP contribution in [0.3, 0.4) is 0 Å². The van der Waals surface area contributed by atoms with Crippen molar-refractivity contribution in [3.05, 3.63) is 58.7 Å². The second-order valence-corrected chi connectivity index (χ2v) is 9.92. The molecule has 0 aliphatic carbocycles. The smallest absolute Gasteiger partial charge is 0.326 e. The van der Waals surface area contributed by atoms with Crippen molar-refractivity contribution in [2.45, 2.75) is 67.7 Å². The zero-order chi connectivity index (χ0) is 38.8. The van der Waals surface area contributed by atoms with Crippen LogP contribution in [0.5, 0.6) is 0 Å². The first kappa shape index (κ1) is 41.2. The molecule has 2 rings (SSSR count). The Morgan fingerprint density at radius 3 is 0.918 bits per heavy atom. The fourth-order valence-electron chi connectivity index (χ4n) is 4.35. The van der Waals surface area contributed by atoms with Crippen LogP contribution in [-0.2, 0) is 26.8 Å². The molecule has 0 aliphatic rings. The van der Waals surface area contributed by atoms with Crippen molar-refractivity contribution < 1.29 is 97.4 Å². The van der Waals surface area contributed by atoms with Crippen molar-refractivity contribution in [2.75, 3.05) is 10.6 Å². The van der Waals surface area contributed by atoms with E-state index in [1.807, 2.05) is 0 Å². The molecule has 0 bridgehead atoms. The van der Waals surface area contributed by atoms with E-state index >= 15 is 0 Å². The Morgan fingerprint density at radius 2 is 0.714 bits per heavy atom. The summed E-state index contributed by atoms with van der Waals surface area (Å²) in [6.45, 7) is 0.727. The summed E-state index contributed by atoms with van der Waals surface area (Å²) in [5.41, 5.74) is -22.0. The predicted octanol–water partition coefficient (Wildman–Crippen LogP) is 9.59. The molecule has 2 N–H and O–H groups in total. The molecule has 2 aromatic rings. The highest BCUT2D eigenvalue weighted by Crippen LogP contribution is 2.60. The number of hydrogen-bond acceptors (Lipinski definition) is 2. The van der Waals surface area contributed by atoms with E-state index in [-0.39, 0.29) is 0 Å².